The third kappa shape index (κ3) is 2.68. The van der Waals surface area contributed by atoms with Crippen molar-refractivity contribution in [2.24, 2.45) is 0 Å². The molecule has 0 amide bonds. The van der Waals surface area contributed by atoms with Crippen molar-refractivity contribution < 1.29 is 14.6 Å². The highest BCUT2D eigenvalue weighted by molar-refractivity contribution is 5.48. The molecule has 0 heterocycles. The minimum absolute atomic E-state index is 0.350. The molecule has 1 N–H and O–H groups in total. The van der Waals surface area contributed by atoms with E-state index in [4.69, 9.17) is 9.47 Å². The van der Waals surface area contributed by atoms with E-state index < -0.39 is 0 Å². The normalized spacial score (nSPS) is 17.1. The second-order valence-corrected chi connectivity index (χ2v) is 5.50. The van der Waals surface area contributed by atoms with E-state index in [9.17, 15) is 5.11 Å². The minimum Gasteiger partial charge on any atom is -0.508 e. The molecule has 0 radical (unpaired) electrons. The van der Waals surface area contributed by atoms with Gasteiger partial charge in [-0.2, -0.15) is 0 Å². The summed E-state index contributed by atoms with van der Waals surface area (Å²) in [6, 6.07) is 12.0. The van der Waals surface area contributed by atoms with E-state index in [0.717, 1.165) is 36.3 Å². The van der Waals surface area contributed by atoms with Crippen molar-refractivity contribution >= 4 is 0 Å². The van der Waals surface area contributed by atoms with E-state index in [-0.39, 0.29) is 0 Å². The Morgan fingerprint density at radius 1 is 1.00 bits per heavy atom. The fourth-order valence-electron chi connectivity index (χ4n) is 3.10. The Labute approximate surface area is 125 Å². The first-order valence-corrected chi connectivity index (χ1v) is 7.24. The lowest BCUT2D eigenvalue weighted by Crippen LogP contribution is -2.13. The second kappa shape index (κ2) is 5.68. The van der Waals surface area contributed by atoms with Crippen LogP contribution < -0.4 is 9.47 Å². The van der Waals surface area contributed by atoms with E-state index in [1.54, 1.807) is 20.3 Å². The van der Waals surface area contributed by atoms with Gasteiger partial charge in [0, 0.05) is 6.07 Å². The fraction of sp³-hybridized carbons (Fsp3) is 0.333. The van der Waals surface area contributed by atoms with Crippen LogP contribution in [-0.4, -0.2) is 19.3 Å². The average Bonchev–Trinajstić information content (AvgIpc) is 2.54. The fourth-order valence-corrected chi connectivity index (χ4v) is 3.10. The molecule has 21 heavy (non-hydrogen) atoms. The molecule has 0 saturated heterocycles. The third-order valence-electron chi connectivity index (χ3n) is 4.33. The maximum Gasteiger partial charge on any atom is 0.122 e. The summed E-state index contributed by atoms with van der Waals surface area (Å²) >= 11 is 0. The Morgan fingerprint density at radius 3 is 2.38 bits per heavy atom. The number of phenols is 1. The van der Waals surface area contributed by atoms with Crippen molar-refractivity contribution in [1.29, 1.82) is 0 Å². The van der Waals surface area contributed by atoms with Gasteiger partial charge in [-0.15, -0.1) is 0 Å². The highest BCUT2D eigenvalue weighted by atomic mass is 16.5. The molecule has 0 aromatic heterocycles. The lowest BCUT2D eigenvalue weighted by molar-refractivity contribution is 0.402. The summed E-state index contributed by atoms with van der Waals surface area (Å²) in [6.45, 7) is 0. The molecule has 1 aliphatic rings. The van der Waals surface area contributed by atoms with Crippen LogP contribution in [0.3, 0.4) is 0 Å². The van der Waals surface area contributed by atoms with Crippen LogP contribution >= 0.6 is 0 Å². The summed E-state index contributed by atoms with van der Waals surface area (Å²) in [7, 11) is 3.31. The predicted molar refractivity (Wildman–Crippen MR) is 82.4 cm³/mol. The highest BCUT2D eigenvalue weighted by Crippen LogP contribution is 2.39. The van der Waals surface area contributed by atoms with Crippen LogP contribution in [-0.2, 0) is 12.8 Å². The van der Waals surface area contributed by atoms with E-state index in [1.807, 2.05) is 18.2 Å². The minimum atomic E-state index is 0.350. The largest absolute Gasteiger partial charge is 0.508 e. The number of hydrogen-bond donors (Lipinski definition) is 1. The number of aromatic hydroxyl groups is 1. The topological polar surface area (TPSA) is 38.7 Å². The van der Waals surface area contributed by atoms with Gasteiger partial charge in [-0.3, -0.25) is 0 Å². The van der Waals surface area contributed by atoms with Gasteiger partial charge in [0.15, 0.2) is 0 Å². The smallest absolute Gasteiger partial charge is 0.122 e. The predicted octanol–water partition coefficient (Wildman–Crippen LogP) is 3.68. The van der Waals surface area contributed by atoms with Crippen LogP contribution in [0, 0.1) is 0 Å². The first kappa shape index (κ1) is 13.8. The van der Waals surface area contributed by atoms with E-state index in [2.05, 4.69) is 12.1 Å². The summed E-state index contributed by atoms with van der Waals surface area (Å²) in [5.41, 5.74) is 3.57. The summed E-state index contributed by atoms with van der Waals surface area (Å²) in [5, 5.41) is 10.2. The van der Waals surface area contributed by atoms with Gasteiger partial charge in [0.25, 0.3) is 0 Å². The van der Waals surface area contributed by atoms with Crippen molar-refractivity contribution in [3.63, 3.8) is 0 Å². The molecule has 1 atom stereocenters. The summed E-state index contributed by atoms with van der Waals surface area (Å²) < 4.78 is 10.4. The Hall–Kier alpha value is -2.16. The average molecular weight is 284 g/mol. The Kier molecular flexibility index (Phi) is 3.74. The van der Waals surface area contributed by atoms with Gasteiger partial charge in [-0.1, -0.05) is 12.1 Å². The number of hydrogen-bond acceptors (Lipinski definition) is 3. The molecule has 3 nitrogen and oxygen atoms in total. The lowest BCUT2D eigenvalue weighted by Gasteiger charge is -2.26. The van der Waals surface area contributed by atoms with Gasteiger partial charge in [0.1, 0.15) is 17.2 Å². The molecule has 1 unspecified atom stereocenters. The third-order valence-corrected chi connectivity index (χ3v) is 4.33. The van der Waals surface area contributed by atoms with Gasteiger partial charge >= 0.3 is 0 Å². The molecule has 2 aromatic rings. The van der Waals surface area contributed by atoms with Crippen LogP contribution in [0.1, 0.15) is 29.0 Å². The Morgan fingerprint density at radius 2 is 1.71 bits per heavy atom. The van der Waals surface area contributed by atoms with Crippen molar-refractivity contribution in [2.75, 3.05) is 14.2 Å². The standard InChI is InChI=1S/C18H20O3/c1-20-15-7-5-12(6-8-15)13-3-4-14-9-16(21-2)11-18(19)17(14)10-13/h5-9,11,13,19H,3-4,10H2,1-2H3. The lowest BCUT2D eigenvalue weighted by atomic mass is 9.80. The molecule has 0 fully saturated rings. The Bertz CT molecular complexity index is 632. The zero-order chi connectivity index (χ0) is 14.8. The van der Waals surface area contributed by atoms with Crippen molar-refractivity contribution in [2.45, 2.75) is 25.2 Å². The number of rotatable bonds is 3. The maximum atomic E-state index is 10.2. The number of aryl methyl sites for hydroxylation is 1. The summed E-state index contributed by atoms with van der Waals surface area (Å²) in [5.74, 6) is 2.40. The van der Waals surface area contributed by atoms with Crippen molar-refractivity contribution in [3.05, 3.63) is 53.1 Å². The van der Waals surface area contributed by atoms with E-state index >= 15 is 0 Å². The second-order valence-electron chi connectivity index (χ2n) is 5.50. The molecule has 110 valence electrons. The zero-order valence-electron chi connectivity index (χ0n) is 12.4. The number of benzene rings is 2. The molecular weight excluding hydrogens is 264 g/mol. The molecular formula is C18H20O3. The number of fused-ring (bicyclic) bond motifs is 1. The molecule has 0 saturated carbocycles. The molecule has 2 aromatic carbocycles. The van der Waals surface area contributed by atoms with Gasteiger partial charge in [-0.05, 0) is 60.1 Å². The monoisotopic (exact) mass is 284 g/mol. The maximum absolute atomic E-state index is 10.2. The first-order valence-electron chi connectivity index (χ1n) is 7.24. The van der Waals surface area contributed by atoms with Gasteiger partial charge in [0.2, 0.25) is 0 Å². The molecule has 0 spiro atoms. The highest BCUT2D eigenvalue weighted by Gasteiger charge is 2.23. The SMILES string of the molecule is COc1ccc(C2CCc3cc(OC)cc(O)c3C2)cc1. The molecule has 3 rings (SSSR count). The van der Waals surface area contributed by atoms with Crippen molar-refractivity contribution in [3.8, 4) is 17.2 Å². The molecule has 3 heteroatoms. The van der Waals surface area contributed by atoms with E-state index in [0.29, 0.717) is 11.7 Å². The van der Waals surface area contributed by atoms with Crippen LogP contribution in [0.2, 0.25) is 0 Å². The number of methoxy groups -OCH3 is 2. The van der Waals surface area contributed by atoms with Crippen LogP contribution in [0.4, 0.5) is 0 Å². The summed E-state index contributed by atoms with van der Waals surface area (Å²) in [6.07, 6.45) is 2.93. The quantitative estimate of drug-likeness (QED) is 0.934. The van der Waals surface area contributed by atoms with Crippen LogP contribution in [0.15, 0.2) is 36.4 Å². The molecule has 1 aliphatic carbocycles. The molecule has 0 aliphatic heterocycles. The zero-order valence-corrected chi connectivity index (χ0v) is 12.4. The first-order chi connectivity index (χ1) is 10.2. The van der Waals surface area contributed by atoms with Crippen LogP contribution in [0.25, 0.3) is 0 Å². The van der Waals surface area contributed by atoms with Crippen molar-refractivity contribution in [1.82, 2.24) is 0 Å². The molecule has 0 bridgehead atoms. The van der Waals surface area contributed by atoms with Gasteiger partial charge < -0.3 is 14.6 Å². The summed E-state index contributed by atoms with van der Waals surface area (Å²) in [4.78, 5) is 0. The van der Waals surface area contributed by atoms with Gasteiger partial charge in [-0.25, -0.2) is 0 Å². The van der Waals surface area contributed by atoms with Crippen LogP contribution in [0.5, 0.6) is 17.2 Å². The van der Waals surface area contributed by atoms with E-state index in [1.165, 1.54) is 11.1 Å². The number of ether oxygens (including phenoxy) is 2. The van der Waals surface area contributed by atoms with Gasteiger partial charge in [0.05, 0.1) is 14.2 Å². The number of phenolic OH excluding ortho intramolecular Hbond substituents is 1. The Balaban J connectivity index is 1.86.